The van der Waals surface area contributed by atoms with Crippen molar-refractivity contribution in [3.8, 4) is 0 Å². The molecule has 0 saturated carbocycles. The van der Waals surface area contributed by atoms with Crippen molar-refractivity contribution in [1.82, 2.24) is 15.7 Å². The Morgan fingerprint density at radius 3 is 2.39 bits per heavy atom. The molecule has 1 aromatic heterocycles. The number of benzene rings is 3. The van der Waals surface area contributed by atoms with Gasteiger partial charge in [0.25, 0.3) is 0 Å². The number of hydrogen-bond acceptors (Lipinski definition) is 3. The third kappa shape index (κ3) is 5.74. The summed E-state index contributed by atoms with van der Waals surface area (Å²) >= 11 is 0. The van der Waals surface area contributed by atoms with Crippen LogP contribution in [0.5, 0.6) is 0 Å². The van der Waals surface area contributed by atoms with Crippen molar-refractivity contribution in [2.24, 2.45) is 0 Å². The van der Waals surface area contributed by atoms with Crippen LogP contribution in [0.15, 0.2) is 109 Å². The number of hydrazine groups is 1. The van der Waals surface area contributed by atoms with Gasteiger partial charge in [-0.05, 0) is 72.1 Å². The number of aryl methyl sites for hydroxylation is 1. The van der Waals surface area contributed by atoms with E-state index in [4.69, 9.17) is 0 Å². The zero-order valence-electron chi connectivity index (χ0n) is 20.4. The fourth-order valence-corrected chi connectivity index (χ4v) is 5.13. The van der Waals surface area contributed by atoms with Crippen molar-refractivity contribution in [1.29, 1.82) is 0 Å². The lowest BCUT2D eigenvalue weighted by Crippen LogP contribution is -2.49. The second-order valence-electron chi connectivity index (χ2n) is 9.28. The van der Waals surface area contributed by atoms with E-state index in [1.54, 1.807) is 12.4 Å². The summed E-state index contributed by atoms with van der Waals surface area (Å²) in [4.78, 5) is 17.6. The van der Waals surface area contributed by atoms with Crippen LogP contribution in [0.4, 0.5) is 10.5 Å². The molecule has 5 rings (SSSR count). The summed E-state index contributed by atoms with van der Waals surface area (Å²) < 4.78 is 0. The maximum Gasteiger partial charge on any atom is 0.334 e. The van der Waals surface area contributed by atoms with Gasteiger partial charge in [-0.1, -0.05) is 78.9 Å². The number of carbonyl (C=O) groups is 1. The van der Waals surface area contributed by atoms with E-state index in [-0.39, 0.29) is 12.1 Å². The van der Waals surface area contributed by atoms with Gasteiger partial charge in [0.1, 0.15) is 0 Å². The summed E-state index contributed by atoms with van der Waals surface area (Å²) in [5.41, 5.74) is 8.96. The summed E-state index contributed by atoms with van der Waals surface area (Å²) in [6.45, 7) is 0.722. The Balaban J connectivity index is 1.32. The molecule has 1 aliphatic carbocycles. The Labute approximate surface area is 213 Å². The van der Waals surface area contributed by atoms with Crippen molar-refractivity contribution in [3.63, 3.8) is 0 Å². The molecule has 0 fully saturated rings. The lowest BCUT2D eigenvalue weighted by atomic mass is 9.81. The highest BCUT2D eigenvalue weighted by Gasteiger charge is 2.22. The number of nitrogens with one attached hydrogen (secondary N) is 2. The third-order valence-corrected chi connectivity index (χ3v) is 6.93. The molecule has 3 aromatic carbocycles. The standard InChI is InChI=1S/C31H32N4O/c36-31(33-30(26-12-3-1-4-13-26)27-16-10-21-32-23-27)34-35(28-17-5-2-6-18-28)22-20-25-15-9-14-24-11-7-8-19-29(24)25/h1-8,10-13,16-19,21,23,25,30H,9,14-15,20,22H2,(H2,33,34,36). The fourth-order valence-electron chi connectivity index (χ4n) is 5.13. The van der Waals surface area contributed by atoms with Gasteiger partial charge in [0.05, 0.1) is 11.7 Å². The molecule has 2 unspecified atom stereocenters. The smallest absolute Gasteiger partial charge is 0.326 e. The molecule has 0 bridgehead atoms. The molecule has 2 N–H and O–H groups in total. The Kier molecular flexibility index (Phi) is 7.57. The molecule has 0 saturated heterocycles. The van der Waals surface area contributed by atoms with Gasteiger partial charge in [-0.15, -0.1) is 0 Å². The van der Waals surface area contributed by atoms with Crippen LogP contribution in [0.3, 0.4) is 0 Å². The summed E-state index contributed by atoms with van der Waals surface area (Å²) in [6.07, 6.45) is 8.06. The number of aromatic nitrogens is 1. The average molecular weight is 477 g/mol. The molecule has 0 aliphatic heterocycles. The van der Waals surface area contributed by atoms with Crippen LogP contribution in [-0.2, 0) is 6.42 Å². The van der Waals surface area contributed by atoms with E-state index in [9.17, 15) is 4.79 Å². The summed E-state index contributed by atoms with van der Waals surface area (Å²) in [5, 5.41) is 5.14. The number of urea groups is 1. The molecule has 2 amide bonds. The first-order chi connectivity index (χ1) is 17.8. The van der Waals surface area contributed by atoms with Gasteiger partial charge >= 0.3 is 6.03 Å². The van der Waals surface area contributed by atoms with Crippen molar-refractivity contribution >= 4 is 11.7 Å². The highest BCUT2D eigenvalue weighted by Crippen LogP contribution is 2.34. The Hall–Kier alpha value is -4.12. The zero-order chi connectivity index (χ0) is 24.6. The summed E-state index contributed by atoms with van der Waals surface area (Å²) in [7, 11) is 0. The molecule has 1 aliphatic rings. The van der Waals surface area contributed by atoms with E-state index in [1.807, 2.05) is 77.8 Å². The van der Waals surface area contributed by atoms with Crippen LogP contribution in [0.1, 0.15) is 53.5 Å². The molecule has 36 heavy (non-hydrogen) atoms. The zero-order valence-corrected chi connectivity index (χ0v) is 20.4. The maximum absolute atomic E-state index is 13.3. The largest absolute Gasteiger partial charge is 0.334 e. The first-order valence-corrected chi connectivity index (χ1v) is 12.7. The van der Waals surface area contributed by atoms with E-state index in [1.165, 1.54) is 24.0 Å². The van der Waals surface area contributed by atoms with Gasteiger partial charge in [0, 0.05) is 18.9 Å². The lowest BCUT2D eigenvalue weighted by Gasteiger charge is -2.31. The van der Waals surface area contributed by atoms with Gasteiger partial charge in [-0.3, -0.25) is 9.99 Å². The average Bonchev–Trinajstić information content (AvgIpc) is 2.95. The molecule has 1 heterocycles. The molecule has 0 radical (unpaired) electrons. The molecule has 4 aromatic rings. The van der Waals surface area contributed by atoms with Gasteiger partial charge in [-0.25, -0.2) is 10.2 Å². The first-order valence-electron chi connectivity index (χ1n) is 12.7. The van der Waals surface area contributed by atoms with E-state index in [0.717, 1.165) is 36.2 Å². The van der Waals surface area contributed by atoms with Gasteiger partial charge in [0.2, 0.25) is 0 Å². The van der Waals surface area contributed by atoms with E-state index < -0.39 is 0 Å². The Morgan fingerprint density at radius 2 is 1.61 bits per heavy atom. The number of fused-ring (bicyclic) bond motifs is 1. The van der Waals surface area contributed by atoms with Crippen LogP contribution >= 0.6 is 0 Å². The molecular formula is C31H32N4O. The lowest BCUT2D eigenvalue weighted by molar-refractivity contribution is 0.237. The van der Waals surface area contributed by atoms with Crippen molar-refractivity contribution in [3.05, 3.63) is 132 Å². The van der Waals surface area contributed by atoms with Crippen LogP contribution in [0.25, 0.3) is 0 Å². The van der Waals surface area contributed by atoms with E-state index in [0.29, 0.717) is 5.92 Å². The Bertz CT molecular complexity index is 1210. The maximum atomic E-state index is 13.3. The summed E-state index contributed by atoms with van der Waals surface area (Å²) in [5.74, 6) is 0.499. The van der Waals surface area contributed by atoms with Crippen molar-refractivity contribution < 1.29 is 4.79 Å². The molecule has 5 nitrogen and oxygen atoms in total. The molecular weight excluding hydrogens is 444 g/mol. The minimum absolute atomic E-state index is 0.249. The second-order valence-corrected chi connectivity index (χ2v) is 9.28. The highest BCUT2D eigenvalue weighted by atomic mass is 16.2. The van der Waals surface area contributed by atoms with Crippen LogP contribution in [0, 0.1) is 0 Å². The Morgan fingerprint density at radius 1 is 0.889 bits per heavy atom. The quantitative estimate of drug-likeness (QED) is 0.289. The number of anilines is 1. The minimum atomic E-state index is -0.303. The van der Waals surface area contributed by atoms with Gasteiger partial charge < -0.3 is 5.32 Å². The predicted octanol–water partition coefficient (Wildman–Crippen LogP) is 6.40. The van der Waals surface area contributed by atoms with Gasteiger partial charge in [-0.2, -0.15) is 0 Å². The number of para-hydroxylation sites is 1. The van der Waals surface area contributed by atoms with E-state index >= 15 is 0 Å². The number of pyridine rings is 1. The van der Waals surface area contributed by atoms with Gasteiger partial charge in [0.15, 0.2) is 0 Å². The van der Waals surface area contributed by atoms with Crippen LogP contribution < -0.4 is 15.8 Å². The van der Waals surface area contributed by atoms with E-state index in [2.05, 4.69) is 40.0 Å². The summed E-state index contributed by atoms with van der Waals surface area (Å²) in [6, 6.07) is 32.2. The minimum Gasteiger partial charge on any atom is -0.326 e. The van der Waals surface area contributed by atoms with Crippen LogP contribution in [0.2, 0.25) is 0 Å². The van der Waals surface area contributed by atoms with Crippen molar-refractivity contribution in [2.45, 2.75) is 37.6 Å². The molecule has 2 atom stereocenters. The SMILES string of the molecule is O=C(NC(c1ccccc1)c1cccnc1)NN(CCC1CCCc2ccccc21)c1ccccc1. The normalized spacial score (nSPS) is 15.4. The topological polar surface area (TPSA) is 57.3 Å². The van der Waals surface area contributed by atoms with Crippen molar-refractivity contribution in [2.75, 3.05) is 11.6 Å². The number of hydrogen-bond donors (Lipinski definition) is 2. The second kappa shape index (κ2) is 11.5. The molecule has 0 spiro atoms. The fraction of sp³-hybridized carbons (Fsp3) is 0.226. The molecule has 182 valence electrons. The van der Waals surface area contributed by atoms with Crippen LogP contribution in [-0.4, -0.2) is 17.6 Å². The predicted molar refractivity (Wildman–Crippen MR) is 145 cm³/mol. The first kappa shape index (κ1) is 23.6. The molecule has 5 heteroatoms. The highest BCUT2D eigenvalue weighted by molar-refractivity contribution is 5.77. The third-order valence-electron chi connectivity index (χ3n) is 6.93. The number of nitrogens with zero attached hydrogens (tertiary/aromatic N) is 2. The number of rotatable bonds is 8. The number of amides is 2. The monoisotopic (exact) mass is 476 g/mol. The number of carbonyl (C=O) groups excluding carboxylic acids is 1.